The Balaban J connectivity index is 2.08. The average molecular weight is 369 g/mol. The van der Waals surface area contributed by atoms with Gasteiger partial charge in [-0.2, -0.15) is 0 Å². The Bertz CT molecular complexity index is 577. The minimum absolute atomic E-state index is 0.0960. The summed E-state index contributed by atoms with van der Waals surface area (Å²) in [7, 11) is 2.07. The van der Waals surface area contributed by atoms with Crippen molar-refractivity contribution >= 4 is 27.5 Å². The summed E-state index contributed by atoms with van der Waals surface area (Å²) in [6.07, 6.45) is 2.71. The van der Waals surface area contributed by atoms with Crippen LogP contribution in [0.25, 0.3) is 0 Å². The molecule has 2 N–H and O–H groups in total. The van der Waals surface area contributed by atoms with Crippen molar-refractivity contribution in [3.63, 3.8) is 0 Å². The third-order valence-electron chi connectivity index (χ3n) is 3.52. The van der Waals surface area contributed by atoms with Crippen LogP contribution in [0.4, 0.5) is 0 Å². The van der Waals surface area contributed by atoms with E-state index >= 15 is 0 Å². The SMILES string of the molecule is CN(CCc1ccccn1)C(CN)c1cc(Br)ccc1Cl. The zero-order valence-electron chi connectivity index (χ0n) is 12.0. The highest BCUT2D eigenvalue weighted by Gasteiger charge is 2.18. The molecule has 3 nitrogen and oxygen atoms in total. The Hall–Kier alpha value is -0.940. The van der Waals surface area contributed by atoms with Crippen molar-refractivity contribution in [3.05, 3.63) is 63.3 Å². The number of hydrogen-bond donors (Lipinski definition) is 1. The summed E-state index contributed by atoms with van der Waals surface area (Å²) in [5.41, 5.74) is 8.10. The van der Waals surface area contributed by atoms with Gasteiger partial charge in [-0.1, -0.05) is 33.6 Å². The van der Waals surface area contributed by atoms with Crippen molar-refractivity contribution in [3.8, 4) is 0 Å². The van der Waals surface area contributed by atoms with E-state index in [4.69, 9.17) is 17.3 Å². The molecule has 0 aliphatic heterocycles. The third-order valence-corrected chi connectivity index (χ3v) is 4.36. The molecule has 0 radical (unpaired) electrons. The number of halogens is 2. The molecule has 0 aliphatic carbocycles. The van der Waals surface area contributed by atoms with Gasteiger partial charge >= 0.3 is 0 Å². The predicted molar refractivity (Wildman–Crippen MR) is 91.5 cm³/mol. The van der Waals surface area contributed by atoms with Gasteiger partial charge in [0.15, 0.2) is 0 Å². The minimum Gasteiger partial charge on any atom is -0.329 e. The Kier molecular flexibility index (Phi) is 6.18. The number of rotatable bonds is 6. The van der Waals surface area contributed by atoms with Crippen LogP contribution in [0.15, 0.2) is 47.1 Å². The van der Waals surface area contributed by atoms with Gasteiger partial charge in [0, 0.05) is 46.9 Å². The van der Waals surface area contributed by atoms with E-state index in [1.165, 1.54) is 0 Å². The average Bonchev–Trinajstić information content (AvgIpc) is 2.50. The van der Waals surface area contributed by atoms with E-state index in [2.05, 4.69) is 32.9 Å². The summed E-state index contributed by atoms with van der Waals surface area (Å²) in [4.78, 5) is 6.57. The van der Waals surface area contributed by atoms with Crippen molar-refractivity contribution in [2.45, 2.75) is 12.5 Å². The Morgan fingerprint density at radius 2 is 2.14 bits per heavy atom. The van der Waals surface area contributed by atoms with Gasteiger partial charge in [0.2, 0.25) is 0 Å². The van der Waals surface area contributed by atoms with Gasteiger partial charge in [-0.25, -0.2) is 0 Å². The number of hydrogen-bond acceptors (Lipinski definition) is 3. The quantitative estimate of drug-likeness (QED) is 0.846. The molecule has 0 fully saturated rings. The van der Waals surface area contributed by atoms with Crippen molar-refractivity contribution in [2.75, 3.05) is 20.1 Å². The molecule has 0 bridgehead atoms. The molecule has 2 rings (SSSR count). The van der Waals surface area contributed by atoms with Crippen LogP contribution in [0.5, 0.6) is 0 Å². The third kappa shape index (κ3) is 4.51. The molecule has 1 unspecified atom stereocenters. The Morgan fingerprint density at radius 3 is 2.81 bits per heavy atom. The molecule has 1 heterocycles. The summed E-state index contributed by atoms with van der Waals surface area (Å²) < 4.78 is 1.01. The van der Waals surface area contributed by atoms with Gasteiger partial charge < -0.3 is 5.73 Å². The fourth-order valence-electron chi connectivity index (χ4n) is 2.31. The van der Waals surface area contributed by atoms with E-state index in [0.717, 1.165) is 33.7 Å². The second kappa shape index (κ2) is 7.90. The van der Waals surface area contributed by atoms with Crippen LogP contribution in [-0.4, -0.2) is 30.0 Å². The first-order valence-corrected chi connectivity index (χ1v) is 8.04. The van der Waals surface area contributed by atoms with Crippen LogP contribution in [0, 0.1) is 0 Å². The second-order valence-electron chi connectivity index (χ2n) is 4.97. The smallest absolute Gasteiger partial charge is 0.0482 e. The molecular weight excluding hydrogens is 350 g/mol. The molecule has 0 aliphatic rings. The van der Waals surface area contributed by atoms with E-state index in [0.29, 0.717) is 6.54 Å². The lowest BCUT2D eigenvalue weighted by molar-refractivity contribution is 0.252. The Morgan fingerprint density at radius 1 is 1.33 bits per heavy atom. The molecule has 5 heteroatoms. The second-order valence-corrected chi connectivity index (χ2v) is 6.29. The fourth-order valence-corrected chi connectivity index (χ4v) is 2.93. The lowest BCUT2D eigenvalue weighted by atomic mass is 10.1. The maximum Gasteiger partial charge on any atom is 0.0482 e. The van der Waals surface area contributed by atoms with Gasteiger partial charge in [-0.3, -0.25) is 9.88 Å². The van der Waals surface area contributed by atoms with Crippen molar-refractivity contribution in [1.82, 2.24) is 9.88 Å². The van der Waals surface area contributed by atoms with Crippen molar-refractivity contribution in [2.24, 2.45) is 5.73 Å². The van der Waals surface area contributed by atoms with Gasteiger partial charge in [-0.05, 0) is 42.9 Å². The van der Waals surface area contributed by atoms with Crippen molar-refractivity contribution in [1.29, 1.82) is 0 Å². The van der Waals surface area contributed by atoms with Crippen LogP contribution in [0.1, 0.15) is 17.3 Å². The maximum absolute atomic E-state index is 6.32. The largest absolute Gasteiger partial charge is 0.329 e. The lowest BCUT2D eigenvalue weighted by Gasteiger charge is -2.28. The number of benzene rings is 1. The van der Waals surface area contributed by atoms with Crippen LogP contribution >= 0.6 is 27.5 Å². The molecular formula is C16H19BrClN3. The highest BCUT2D eigenvalue weighted by Crippen LogP contribution is 2.29. The first kappa shape index (κ1) is 16.4. The van der Waals surface area contributed by atoms with Crippen LogP contribution < -0.4 is 5.73 Å². The zero-order chi connectivity index (χ0) is 15.2. The summed E-state index contributed by atoms with van der Waals surface area (Å²) >= 11 is 9.81. The number of nitrogens with zero attached hydrogens (tertiary/aromatic N) is 2. The fraction of sp³-hybridized carbons (Fsp3) is 0.312. The van der Waals surface area contributed by atoms with Crippen LogP contribution in [-0.2, 0) is 6.42 Å². The van der Waals surface area contributed by atoms with E-state index in [1.807, 2.05) is 42.6 Å². The van der Waals surface area contributed by atoms with Crippen LogP contribution in [0.3, 0.4) is 0 Å². The maximum atomic E-state index is 6.32. The summed E-state index contributed by atoms with van der Waals surface area (Å²) in [5, 5.41) is 0.748. The molecule has 0 saturated heterocycles. The van der Waals surface area contributed by atoms with E-state index in [9.17, 15) is 0 Å². The Labute approximate surface area is 139 Å². The minimum atomic E-state index is 0.0960. The molecule has 2 aromatic rings. The molecule has 1 aromatic carbocycles. The molecule has 21 heavy (non-hydrogen) atoms. The molecule has 0 amide bonds. The topological polar surface area (TPSA) is 42.2 Å². The number of pyridine rings is 1. The predicted octanol–water partition coefficient (Wildman–Crippen LogP) is 3.67. The monoisotopic (exact) mass is 367 g/mol. The number of aromatic nitrogens is 1. The summed E-state index contributed by atoms with van der Waals surface area (Å²) in [6.45, 7) is 1.40. The first-order valence-electron chi connectivity index (χ1n) is 6.87. The summed E-state index contributed by atoms with van der Waals surface area (Å²) in [5.74, 6) is 0. The number of nitrogens with two attached hydrogens (primary N) is 1. The zero-order valence-corrected chi connectivity index (χ0v) is 14.3. The molecule has 1 aromatic heterocycles. The van der Waals surface area contributed by atoms with Gasteiger partial charge in [0.1, 0.15) is 0 Å². The highest BCUT2D eigenvalue weighted by molar-refractivity contribution is 9.10. The lowest BCUT2D eigenvalue weighted by Crippen LogP contribution is -2.32. The van der Waals surface area contributed by atoms with E-state index in [1.54, 1.807) is 0 Å². The van der Waals surface area contributed by atoms with Gasteiger partial charge in [0.05, 0.1) is 0 Å². The molecule has 1 atom stereocenters. The van der Waals surface area contributed by atoms with Gasteiger partial charge in [-0.15, -0.1) is 0 Å². The van der Waals surface area contributed by atoms with Crippen molar-refractivity contribution < 1.29 is 0 Å². The summed E-state index contributed by atoms with van der Waals surface area (Å²) in [6, 6.07) is 11.9. The molecule has 0 spiro atoms. The molecule has 0 saturated carbocycles. The molecule has 112 valence electrons. The van der Waals surface area contributed by atoms with E-state index in [-0.39, 0.29) is 6.04 Å². The van der Waals surface area contributed by atoms with Gasteiger partial charge in [0.25, 0.3) is 0 Å². The number of likely N-dealkylation sites (N-methyl/N-ethyl adjacent to an activating group) is 1. The van der Waals surface area contributed by atoms with E-state index < -0.39 is 0 Å². The highest BCUT2D eigenvalue weighted by atomic mass is 79.9. The standard InChI is InChI=1S/C16H19BrClN3/c1-21(9-7-13-4-2-3-8-20-13)16(11-19)14-10-12(17)5-6-15(14)18/h2-6,8,10,16H,7,9,11,19H2,1H3. The van der Waals surface area contributed by atoms with Crippen LogP contribution in [0.2, 0.25) is 5.02 Å². The first-order chi connectivity index (χ1) is 10.1. The normalized spacial score (nSPS) is 12.6.